The zero-order valence-corrected chi connectivity index (χ0v) is 15.8. The highest BCUT2D eigenvalue weighted by molar-refractivity contribution is 8.00. The number of carbonyl (C=O) groups is 1. The molecule has 132 valence electrons. The number of thiophene rings is 1. The maximum Gasteiger partial charge on any atom is 0.244 e. The summed E-state index contributed by atoms with van der Waals surface area (Å²) in [6, 6.07) is 6.08. The van der Waals surface area contributed by atoms with Gasteiger partial charge in [-0.25, -0.2) is 4.98 Å². The molecule has 1 fully saturated rings. The molecule has 4 heterocycles. The molecule has 1 amide bonds. The Labute approximate surface area is 156 Å². The molecule has 5 nitrogen and oxygen atoms in total. The molecule has 2 aromatic heterocycles. The smallest absolute Gasteiger partial charge is 0.244 e. The molecule has 2 aliphatic heterocycles. The minimum absolute atomic E-state index is 0.0982. The molecule has 2 aliphatic rings. The number of carbonyl (C=O) groups excluding carboxylic acids is 1. The first-order valence-electron chi connectivity index (χ1n) is 8.48. The molecule has 0 radical (unpaired) electrons. The molecule has 2 aromatic rings. The molecular formula is C18H21N3O2S2. The van der Waals surface area contributed by atoms with Gasteiger partial charge in [-0.3, -0.25) is 4.79 Å². The second-order valence-corrected chi connectivity index (χ2v) is 8.38. The van der Waals surface area contributed by atoms with Gasteiger partial charge in [-0.15, -0.1) is 23.1 Å². The number of aryl methyl sites for hydroxylation is 1. The average molecular weight is 376 g/mol. The number of morpholine rings is 1. The summed E-state index contributed by atoms with van der Waals surface area (Å²) in [7, 11) is 1.84. The molecule has 0 saturated carbocycles. The lowest BCUT2D eigenvalue weighted by Gasteiger charge is -2.29. The highest BCUT2D eigenvalue weighted by atomic mass is 32.2. The Morgan fingerprint density at radius 3 is 2.92 bits per heavy atom. The summed E-state index contributed by atoms with van der Waals surface area (Å²) >= 11 is 3.50. The van der Waals surface area contributed by atoms with Crippen molar-refractivity contribution in [2.75, 3.05) is 48.9 Å². The number of likely N-dealkylation sites (N-methyl/N-ethyl adjacent to an activating group) is 1. The van der Waals surface area contributed by atoms with Crippen LogP contribution in [0.5, 0.6) is 0 Å². The average Bonchev–Trinajstić information content (AvgIpc) is 3.16. The predicted octanol–water partition coefficient (Wildman–Crippen LogP) is 2.97. The second-order valence-electron chi connectivity index (χ2n) is 6.17. The Morgan fingerprint density at radius 2 is 2.16 bits per heavy atom. The number of nitrogens with zero attached hydrogens (tertiary/aromatic N) is 3. The zero-order chi connectivity index (χ0) is 17.2. The Balaban J connectivity index is 1.49. The van der Waals surface area contributed by atoms with Crippen LogP contribution >= 0.6 is 23.1 Å². The van der Waals surface area contributed by atoms with Crippen LogP contribution in [0.3, 0.4) is 0 Å². The molecule has 1 saturated heterocycles. The molecule has 0 N–H and O–H groups in total. The molecular weight excluding hydrogens is 354 g/mol. The standard InChI is InChI=1S/C18H21N3O2S2/c1-20(18(22)17-14-4-10-24-15(14)5-11-25-17)13-2-3-16(19-12-13)21-6-8-23-9-7-21/h2-4,10,12,17H,5-9,11H2,1H3/t17-/m1/s1. The fraction of sp³-hybridized carbons (Fsp3) is 0.444. The van der Waals surface area contributed by atoms with Crippen molar-refractivity contribution in [3.8, 4) is 0 Å². The summed E-state index contributed by atoms with van der Waals surface area (Å²) in [6.45, 7) is 3.20. The Bertz CT molecular complexity index is 741. The summed E-state index contributed by atoms with van der Waals surface area (Å²) in [5.74, 6) is 2.08. The van der Waals surface area contributed by atoms with Gasteiger partial charge in [-0.1, -0.05) is 0 Å². The van der Waals surface area contributed by atoms with Crippen molar-refractivity contribution in [2.45, 2.75) is 11.7 Å². The first-order chi connectivity index (χ1) is 12.2. The van der Waals surface area contributed by atoms with Crippen LogP contribution in [0.1, 0.15) is 15.7 Å². The fourth-order valence-electron chi connectivity index (χ4n) is 3.21. The van der Waals surface area contributed by atoms with Gasteiger partial charge in [0.15, 0.2) is 0 Å². The normalized spacial score (nSPS) is 20.2. The first-order valence-corrected chi connectivity index (χ1v) is 10.4. The Hall–Kier alpha value is -1.57. The third kappa shape index (κ3) is 3.41. The van der Waals surface area contributed by atoms with Crippen molar-refractivity contribution in [3.05, 3.63) is 40.2 Å². The third-order valence-electron chi connectivity index (χ3n) is 4.69. The number of ether oxygens (including phenoxy) is 1. The van der Waals surface area contributed by atoms with E-state index >= 15 is 0 Å². The number of pyridine rings is 1. The number of fused-ring (bicyclic) bond motifs is 1. The summed E-state index contributed by atoms with van der Waals surface area (Å²) in [6.07, 6.45) is 2.87. The van der Waals surface area contributed by atoms with E-state index in [-0.39, 0.29) is 11.2 Å². The molecule has 1 atom stereocenters. The van der Waals surface area contributed by atoms with Gasteiger partial charge in [0, 0.05) is 25.0 Å². The Kier molecular flexibility index (Phi) is 4.96. The fourth-order valence-corrected chi connectivity index (χ4v) is 5.59. The topological polar surface area (TPSA) is 45.7 Å². The minimum atomic E-state index is -0.0982. The lowest BCUT2D eigenvalue weighted by atomic mass is 10.1. The van der Waals surface area contributed by atoms with E-state index in [0.717, 1.165) is 50.0 Å². The largest absolute Gasteiger partial charge is 0.378 e. The maximum atomic E-state index is 13.0. The molecule has 0 aromatic carbocycles. The van der Waals surface area contributed by atoms with Crippen LogP contribution in [-0.2, 0) is 16.0 Å². The van der Waals surface area contributed by atoms with E-state index in [9.17, 15) is 4.79 Å². The quantitative estimate of drug-likeness (QED) is 0.825. The van der Waals surface area contributed by atoms with Gasteiger partial charge < -0.3 is 14.5 Å². The second kappa shape index (κ2) is 7.35. The number of aromatic nitrogens is 1. The van der Waals surface area contributed by atoms with Gasteiger partial charge in [-0.05, 0) is 41.3 Å². The van der Waals surface area contributed by atoms with Crippen molar-refractivity contribution >= 4 is 40.5 Å². The SMILES string of the molecule is CN(C(=O)[C@@H]1SCCc2sccc21)c1ccc(N2CCOCC2)nc1. The van der Waals surface area contributed by atoms with E-state index in [2.05, 4.69) is 21.3 Å². The molecule has 0 aliphatic carbocycles. The van der Waals surface area contributed by atoms with Gasteiger partial charge in [0.1, 0.15) is 11.1 Å². The first kappa shape index (κ1) is 16.9. The van der Waals surface area contributed by atoms with E-state index in [1.54, 1.807) is 34.2 Å². The van der Waals surface area contributed by atoms with Crippen LogP contribution in [0.25, 0.3) is 0 Å². The van der Waals surface area contributed by atoms with Crippen LogP contribution in [0.2, 0.25) is 0 Å². The molecule has 0 bridgehead atoms. The molecule has 4 rings (SSSR count). The van der Waals surface area contributed by atoms with Gasteiger partial charge in [-0.2, -0.15) is 0 Å². The number of amides is 1. The monoisotopic (exact) mass is 375 g/mol. The number of hydrogen-bond donors (Lipinski definition) is 0. The molecule has 0 spiro atoms. The van der Waals surface area contributed by atoms with E-state index < -0.39 is 0 Å². The number of anilines is 2. The van der Waals surface area contributed by atoms with E-state index in [1.807, 2.05) is 19.2 Å². The number of thioether (sulfide) groups is 1. The van der Waals surface area contributed by atoms with Crippen LogP contribution in [0.15, 0.2) is 29.8 Å². The summed E-state index contributed by atoms with van der Waals surface area (Å²) in [5, 5.41) is 1.99. The van der Waals surface area contributed by atoms with Crippen LogP contribution in [0, 0.1) is 0 Å². The maximum absolute atomic E-state index is 13.0. The highest BCUT2D eigenvalue weighted by Gasteiger charge is 2.30. The van der Waals surface area contributed by atoms with Crippen molar-refractivity contribution in [1.29, 1.82) is 0 Å². The van der Waals surface area contributed by atoms with Gasteiger partial charge >= 0.3 is 0 Å². The predicted molar refractivity (Wildman–Crippen MR) is 104 cm³/mol. The number of rotatable bonds is 3. The van der Waals surface area contributed by atoms with Crippen LogP contribution in [-0.4, -0.2) is 50.0 Å². The molecule has 7 heteroatoms. The van der Waals surface area contributed by atoms with Crippen LogP contribution in [0.4, 0.5) is 11.5 Å². The Morgan fingerprint density at radius 1 is 1.32 bits per heavy atom. The lowest BCUT2D eigenvalue weighted by Crippen LogP contribution is -2.37. The van der Waals surface area contributed by atoms with E-state index in [0.29, 0.717) is 0 Å². The van der Waals surface area contributed by atoms with E-state index in [1.165, 1.54) is 10.4 Å². The molecule has 25 heavy (non-hydrogen) atoms. The van der Waals surface area contributed by atoms with Gasteiger partial charge in [0.25, 0.3) is 0 Å². The summed E-state index contributed by atoms with van der Waals surface area (Å²) < 4.78 is 5.38. The zero-order valence-electron chi connectivity index (χ0n) is 14.2. The highest BCUT2D eigenvalue weighted by Crippen LogP contribution is 2.40. The van der Waals surface area contributed by atoms with Gasteiger partial charge in [0.2, 0.25) is 5.91 Å². The van der Waals surface area contributed by atoms with E-state index in [4.69, 9.17) is 4.74 Å². The van der Waals surface area contributed by atoms with Crippen molar-refractivity contribution in [2.24, 2.45) is 0 Å². The van der Waals surface area contributed by atoms with Crippen molar-refractivity contribution in [3.63, 3.8) is 0 Å². The van der Waals surface area contributed by atoms with Crippen LogP contribution < -0.4 is 9.80 Å². The van der Waals surface area contributed by atoms with Crippen molar-refractivity contribution in [1.82, 2.24) is 4.98 Å². The van der Waals surface area contributed by atoms with Crippen molar-refractivity contribution < 1.29 is 9.53 Å². The summed E-state index contributed by atoms with van der Waals surface area (Å²) in [4.78, 5) is 22.9. The number of hydrogen-bond acceptors (Lipinski definition) is 6. The lowest BCUT2D eigenvalue weighted by molar-refractivity contribution is -0.117. The summed E-state index contributed by atoms with van der Waals surface area (Å²) in [5.41, 5.74) is 2.03. The minimum Gasteiger partial charge on any atom is -0.378 e. The molecule has 0 unspecified atom stereocenters. The third-order valence-corrected chi connectivity index (χ3v) is 6.91. The van der Waals surface area contributed by atoms with Gasteiger partial charge in [0.05, 0.1) is 25.1 Å².